The highest BCUT2D eigenvalue weighted by Crippen LogP contribution is 2.46. The van der Waals surface area contributed by atoms with Crippen molar-refractivity contribution in [2.75, 3.05) is 25.0 Å². The lowest BCUT2D eigenvalue weighted by atomic mass is 9.63. The summed E-state index contributed by atoms with van der Waals surface area (Å²) in [5, 5.41) is 6.50. The first-order chi connectivity index (χ1) is 18.4. The van der Waals surface area contributed by atoms with Gasteiger partial charge in [0.15, 0.2) is 0 Å². The topological polar surface area (TPSA) is 113 Å². The van der Waals surface area contributed by atoms with Gasteiger partial charge in [-0.1, -0.05) is 32.4 Å². The molecule has 1 aromatic heterocycles. The third-order valence-electron chi connectivity index (χ3n) is 7.91. The Hall–Kier alpha value is -3.52. The van der Waals surface area contributed by atoms with Gasteiger partial charge in [-0.05, 0) is 55.0 Å². The SMILES string of the molecule is CCCN(CCC)C(=O)C1=Cc2ccc(C3(C(=O)Nc4cnc5c(c4)CNCC5)CCC3)cc2N=C(N)C1. The maximum atomic E-state index is 13.6. The standard InChI is InChI=1S/C30H38N6O2/c1-3-12-36(13-4-2)28(37)21-14-20-6-7-23(17-26(20)35-27(31)16-21)30(9-5-10-30)29(38)34-24-15-22-18-32-11-8-25(22)33-19-24/h6-7,14-15,17,19,32H,3-5,8-13,16,18H2,1-2H3,(H2,31,35)(H,34,38). The van der Waals surface area contributed by atoms with E-state index in [9.17, 15) is 9.59 Å². The summed E-state index contributed by atoms with van der Waals surface area (Å²) in [5.41, 5.74) is 11.8. The van der Waals surface area contributed by atoms with Gasteiger partial charge in [-0.15, -0.1) is 0 Å². The maximum absolute atomic E-state index is 13.6. The van der Waals surface area contributed by atoms with Gasteiger partial charge in [0, 0.05) is 55.9 Å². The predicted octanol–water partition coefficient (Wildman–Crippen LogP) is 4.21. The van der Waals surface area contributed by atoms with Crippen molar-refractivity contribution >= 4 is 35.1 Å². The summed E-state index contributed by atoms with van der Waals surface area (Å²) in [4.78, 5) is 38.1. The molecule has 2 amide bonds. The van der Waals surface area contributed by atoms with Crippen LogP contribution in [0.5, 0.6) is 0 Å². The minimum atomic E-state index is -0.610. The Labute approximate surface area is 224 Å². The molecule has 1 aliphatic carbocycles. The van der Waals surface area contributed by atoms with Crippen LogP contribution in [0.2, 0.25) is 0 Å². The third kappa shape index (κ3) is 5.10. The number of fused-ring (bicyclic) bond motifs is 2. The number of carbonyl (C=O) groups excluding carboxylic acids is 2. The molecule has 3 aliphatic rings. The fourth-order valence-corrected chi connectivity index (χ4v) is 5.73. The van der Waals surface area contributed by atoms with Crippen LogP contribution in [0.3, 0.4) is 0 Å². The lowest BCUT2D eigenvalue weighted by molar-refractivity contribution is -0.127. The summed E-state index contributed by atoms with van der Waals surface area (Å²) in [6.07, 6.45) is 9.27. The molecule has 1 aromatic carbocycles. The Kier molecular flexibility index (Phi) is 7.61. The van der Waals surface area contributed by atoms with Gasteiger partial charge in [-0.25, -0.2) is 4.99 Å². The van der Waals surface area contributed by atoms with E-state index in [-0.39, 0.29) is 11.8 Å². The molecule has 0 unspecified atom stereocenters. The first-order valence-corrected chi connectivity index (χ1v) is 13.9. The van der Waals surface area contributed by atoms with Crippen LogP contribution in [0.4, 0.5) is 11.4 Å². The zero-order chi connectivity index (χ0) is 26.7. The monoisotopic (exact) mass is 514 g/mol. The summed E-state index contributed by atoms with van der Waals surface area (Å²) < 4.78 is 0. The number of nitrogens with zero attached hydrogens (tertiary/aromatic N) is 3. The van der Waals surface area contributed by atoms with Gasteiger partial charge in [0.25, 0.3) is 0 Å². The van der Waals surface area contributed by atoms with Crippen molar-refractivity contribution in [3.63, 3.8) is 0 Å². The number of hydrogen-bond donors (Lipinski definition) is 3. The number of carbonyl (C=O) groups is 2. The average Bonchev–Trinajstić information content (AvgIpc) is 3.05. The van der Waals surface area contributed by atoms with E-state index in [1.165, 1.54) is 0 Å². The smallest absolute Gasteiger partial charge is 0.250 e. The van der Waals surface area contributed by atoms with Gasteiger partial charge in [-0.2, -0.15) is 0 Å². The Morgan fingerprint density at radius 2 is 1.95 bits per heavy atom. The Morgan fingerprint density at radius 3 is 2.66 bits per heavy atom. The van der Waals surface area contributed by atoms with Gasteiger partial charge < -0.3 is 21.3 Å². The molecule has 2 aromatic rings. The number of rotatable bonds is 8. The van der Waals surface area contributed by atoms with Crippen molar-refractivity contribution in [2.45, 2.75) is 70.8 Å². The van der Waals surface area contributed by atoms with Gasteiger partial charge in [-0.3, -0.25) is 14.6 Å². The number of hydrogen-bond acceptors (Lipinski definition) is 6. The first-order valence-electron chi connectivity index (χ1n) is 13.9. The van der Waals surface area contributed by atoms with Crippen LogP contribution >= 0.6 is 0 Å². The van der Waals surface area contributed by atoms with Crippen molar-refractivity contribution in [1.29, 1.82) is 0 Å². The minimum absolute atomic E-state index is 0.0130. The van der Waals surface area contributed by atoms with E-state index < -0.39 is 5.41 Å². The fourth-order valence-electron chi connectivity index (χ4n) is 5.73. The zero-order valence-electron chi connectivity index (χ0n) is 22.5. The molecule has 4 N–H and O–H groups in total. The molecular weight excluding hydrogens is 476 g/mol. The van der Waals surface area contributed by atoms with Crippen molar-refractivity contribution in [2.24, 2.45) is 10.7 Å². The summed E-state index contributed by atoms with van der Waals surface area (Å²) >= 11 is 0. The number of amides is 2. The van der Waals surface area contributed by atoms with Gasteiger partial charge in [0.1, 0.15) is 5.84 Å². The highest BCUT2D eigenvalue weighted by atomic mass is 16.2. The second-order valence-corrected chi connectivity index (χ2v) is 10.7. The van der Waals surface area contributed by atoms with Crippen LogP contribution in [0.1, 0.15) is 74.8 Å². The molecule has 3 heterocycles. The molecule has 0 bridgehead atoms. The Balaban J connectivity index is 1.41. The molecule has 8 heteroatoms. The molecule has 200 valence electrons. The number of aliphatic imine (C=N–C) groups is 1. The lowest BCUT2D eigenvalue weighted by Gasteiger charge is -2.41. The van der Waals surface area contributed by atoms with Gasteiger partial charge >= 0.3 is 0 Å². The van der Waals surface area contributed by atoms with Crippen LogP contribution < -0.4 is 16.4 Å². The number of pyridine rings is 1. The maximum Gasteiger partial charge on any atom is 0.250 e. The Morgan fingerprint density at radius 1 is 1.16 bits per heavy atom. The van der Waals surface area contributed by atoms with Gasteiger partial charge in [0.05, 0.1) is 23.0 Å². The van der Waals surface area contributed by atoms with Crippen LogP contribution in [0.25, 0.3) is 6.08 Å². The molecule has 0 spiro atoms. The van der Waals surface area contributed by atoms with E-state index in [2.05, 4.69) is 34.5 Å². The molecule has 2 aliphatic heterocycles. The van der Waals surface area contributed by atoms with E-state index >= 15 is 0 Å². The van der Waals surface area contributed by atoms with Crippen LogP contribution in [-0.2, 0) is 28.0 Å². The van der Waals surface area contributed by atoms with Crippen molar-refractivity contribution in [3.05, 3.63) is 58.4 Å². The predicted molar refractivity (Wildman–Crippen MR) is 151 cm³/mol. The molecule has 0 saturated heterocycles. The summed E-state index contributed by atoms with van der Waals surface area (Å²) in [7, 11) is 0. The summed E-state index contributed by atoms with van der Waals surface area (Å²) in [6, 6.07) is 8.00. The summed E-state index contributed by atoms with van der Waals surface area (Å²) in [6.45, 7) is 7.31. The molecule has 5 rings (SSSR count). The summed E-state index contributed by atoms with van der Waals surface area (Å²) in [5.74, 6) is 0.419. The van der Waals surface area contributed by atoms with Crippen LogP contribution in [0, 0.1) is 0 Å². The van der Waals surface area contributed by atoms with Crippen molar-refractivity contribution in [3.8, 4) is 0 Å². The highest BCUT2D eigenvalue weighted by molar-refractivity contribution is 6.06. The number of benzene rings is 1. The molecule has 8 nitrogen and oxygen atoms in total. The van der Waals surface area contributed by atoms with E-state index in [0.717, 1.165) is 92.8 Å². The second kappa shape index (κ2) is 11.1. The molecule has 0 atom stereocenters. The van der Waals surface area contributed by atoms with E-state index in [1.54, 1.807) is 6.20 Å². The van der Waals surface area contributed by atoms with Crippen molar-refractivity contribution in [1.82, 2.24) is 15.2 Å². The zero-order valence-corrected chi connectivity index (χ0v) is 22.5. The van der Waals surface area contributed by atoms with E-state index in [4.69, 9.17) is 5.73 Å². The molecule has 0 radical (unpaired) electrons. The molecule has 1 fully saturated rings. The average molecular weight is 515 g/mol. The van der Waals surface area contributed by atoms with Crippen molar-refractivity contribution < 1.29 is 9.59 Å². The number of nitrogens with two attached hydrogens (primary N) is 1. The fraction of sp³-hybridized carbons (Fsp3) is 0.467. The molecule has 1 saturated carbocycles. The van der Waals surface area contributed by atoms with E-state index in [1.807, 2.05) is 35.2 Å². The quantitative estimate of drug-likeness (QED) is 0.488. The highest BCUT2D eigenvalue weighted by Gasteiger charge is 2.46. The third-order valence-corrected chi connectivity index (χ3v) is 7.91. The lowest BCUT2D eigenvalue weighted by Crippen LogP contribution is -2.46. The number of anilines is 1. The van der Waals surface area contributed by atoms with Crippen LogP contribution in [0.15, 0.2) is 41.0 Å². The van der Waals surface area contributed by atoms with E-state index in [0.29, 0.717) is 23.5 Å². The first kappa shape index (κ1) is 26.1. The second-order valence-electron chi connectivity index (χ2n) is 10.7. The number of nitrogens with one attached hydrogen (secondary N) is 2. The number of aromatic nitrogens is 1. The van der Waals surface area contributed by atoms with Crippen LogP contribution in [-0.4, -0.2) is 47.2 Å². The molecule has 38 heavy (non-hydrogen) atoms. The Bertz CT molecular complexity index is 1290. The normalized spacial score (nSPS) is 17.6. The molecular formula is C30H38N6O2. The van der Waals surface area contributed by atoms with Gasteiger partial charge in [0.2, 0.25) is 11.8 Å². The minimum Gasteiger partial charge on any atom is -0.387 e. The number of amidine groups is 1. The largest absolute Gasteiger partial charge is 0.387 e.